The van der Waals surface area contributed by atoms with E-state index in [4.69, 9.17) is 39.5 Å². The Morgan fingerprint density at radius 2 is 1.68 bits per heavy atom. The summed E-state index contributed by atoms with van der Waals surface area (Å²) in [5.74, 6) is 0.523. The molecule has 2 aromatic carbocycles. The van der Waals surface area contributed by atoms with E-state index in [1.54, 1.807) is 54.6 Å². The molecule has 0 bridgehead atoms. The van der Waals surface area contributed by atoms with Crippen LogP contribution < -0.4 is 10.1 Å². The summed E-state index contributed by atoms with van der Waals surface area (Å²) in [4.78, 5) is 17.0. The molecule has 28 heavy (non-hydrogen) atoms. The highest BCUT2D eigenvalue weighted by Gasteiger charge is 2.23. The van der Waals surface area contributed by atoms with Crippen molar-refractivity contribution >= 4 is 58.9 Å². The number of rotatable bonds is 5. The number of hydrogen-bond donors (Lipinski definition) is 1. The minimum Gasteiger partial charge on any atom is -0.476 e. The Balaban J connectivity index is 0.00000280. The summed E-state index contributed by atoms with van der Waals surface area (Å²) in [5.41, 5.74) is 1.50. The second-order valence-electron chi connectivity index (χ2n) is 5.81. The van der Waals surface area contributed by atoms with Crippen LogP contribution in [0.5, 0.6) is 5.75 Å². The molecule has 8 heteroatoms. The van der Waals surface area contributed by atoms with Gasteiger partial charge in [0.05, 0.1) is 5.02 Å². The van der Waals surface area contributed by atoms with E-state index in [-0.39, 0.29) is 18.3 Å². The van der Waals surface area contributed by atoms with Crippen molar-refractivity contribution in [2.75, 3.05) is 5.32 Å². The maximum absolute atomic E-state index is 12.9. The van der Waals surface area contributed by atoms with Crippen LogP contribution in [-0.2, 0) is 4.79 Å². The van der Waals surface area contributed by atoms with E-state index < -0.39 is 6.10 Å². The van der Waals surface area contributed by atoms with Crippen LogP contribution in [0.2, 0.25) is 15.1 Å². The number of carbonyl (C=O) groups excluding carboxylic acids is 1. The van der Waals surface area contributed by atoms with Gasteiger partial charge in [0.2, 0.25) is 6.10 Å². The first kappa shape index (κ1) is 22.3. The molecule has 0 fully saturated rings. The molecule has 0 aliphatic rings. The number of nitrogens with one attached hydrogen (secondary N) is 1. The molecule has 1 heterocycles. The summed E-state index contributed by atoms with van der Waals surface area (Å²) in [6.07, 6.45) is 0.554. The maximum Gasteiger partial charge on any atom is 0.271 e. The number of nitrogens with zero attached hydrogens (tertiary/aromatic N) is 1. The van der Waals surface area contributed by atoms with E-state index in [0.29, 0.717) is 32.2 Å². The number of benzene rings is 2. The van der Waals surface area contributed by atoms with Crippen molar-refractivity contribution in [1.29, 1.82) is 0 Å². The average Bonchev–Trinajstić information content (AvgIpc) is 2.65. The topological polar surface area (TPSA) is 51.2 Å². The second-order valence-corrected chi connectivity index (χ2v) is 7.09. The number of pyridine rings is 1. The molecule has 0 saturated heterocycles. The Labute approximate surface area is 184 Å². The van der Waals surface area contributed by atoms with Crippen LogP contribution in [-0.4, -0.2) is 10.9 Å². The van der Waals surface area contributed by atoms with Gasteiger partial charge in [-0.3, -0.25) is 4.79 Å². The van der Waals surface area contributed by atoms with Gasteiger partial charge in [0.15, 0.2) is 0 Å². The molecule has 0 saturated carbocycles. The first-order chi connectivity index (χ1) is 12.9. The lowest BCUT2D eigenvalue weighted by molar-refractivity contribution is -0.123. The fourth-order valence-electron chi connectivity index (χ4n) is 2.38. The fraction of sp³-hybridized carbons (Fsp3) is 0.100. The molecule has 1 amide bonds. The lowest BCUT2D eigenvalue weighted by Crippen LogP contribution is -2.26. The van der Waals surface area contributed by atoms with Crippen LogP contribution in [0.15, 0.2) is 60.8 Å². The first-order valence-electron chi connectivity index (χ1n) is 8.03. The third-order valence-electron chi connectivity index (χ3n) is 3.77. The summed E-state index contributed by atoms with van der Waals surface area (Å²) in [6, 6.07) is 15.4. The maximum atomic E-state index is 12.9. The highest BCUT2D eigenvalue weighted by atomic mass is 35.5. The fourth-order valence-corrected chi connectivity index (χ4v) is 2.73. The van der Waals surface area contributed by atoms with Crippen molar-refractivity contribution < 1.29 is 9.53 Å². The zero-order chi connectivity index (χ0) is 19.4. The van der Waals surface area contributed by atoms with Gasteiger partial charge in [-0.15, -0.1) is 12.4 Å². The summed E-state index contributed by atoms with van der Waals surface area (Å²) in [6.45, 7) is 1.87. The highest BCUT2D eigenvalue weighted by Crippen LogP contribution is 2.28. The molecule has 0 aliphatic carbocycles. The lowest BCUT2D eigenvalue weighted by atomic mass is 10.1. The third kappa shape index (κ3) is 5.76. The normalized spacial score (nSPS) is 11.3. The summed E-state index contributed by atoms with van der Waals surface area (Å²) >= 11 is 17.9. The molecule has 1 atom stereocenters. The Bertz CT molecular complexity index is 947. The molecule has 146 valence electrons. The predicted octanol–water partition coefficient (Wildman–Crippen LogP) is 6.53. The van der Waals surface area contributed by atoms with Crippen LogP contribution in [0.4, 0.5) is 5.82 Å². The predicted molar refractivity (Wildman–Crippen MR) is 116 cm³/mol. The molecule has 0 radical (unpaired) electrons. The Hall–Kier alpha value is -1.98. The number of carbonyl (C=O) groups is 1. The van der Waals surface area contributed by atoms with Gasteiger partial charge in [0, 0.05) is 21.8 Å². The molecule has 3 rings (SSSR count). The third-order valence-corrected chi connectivity index (χ3v) is 4.67. The number of hydrogen-bond acceptors (Lipinski definition) is 3. The molecule has 4 nitrogen and oxygen atoms in total. The highest BCUT2D eigenvalue weighted by molar-refractivity contribution is 6.31. The number of aromatic nitrogens is 1. The van der Waals surface area contributed by atoms with Crippen molar-refractivity contribution in [3.8, 4) is 5.75 Å². The smallest absolute Gasteiger partial charge is 0.271 e. The Morgan fingerprint density at radius 3 is 2.29 bits per heavy atom. The number of ether oxygens (including phenoxy) is 1. The minimum atomic E-state index is -0.902. The second kappa shape index (κ2) is 9.99. The molecule has 0 aliphatic heterocycles. The van der Waals surface area contributed by atoms with Gasteiger partial charge in [-0.1, -0.05) is 46.9 Å². The van der Waals surface area contributed by atoms with Gasteiger partial charge in [0.25, 0.3) is 5.91 Å². The molecule has 1 aromatic heterocycles. The average molecular weight is 458 g/mol. The van der Waals surface area contributed by atoms with E-state index in [1.165, 1.54) is 6.20 Å². The van der Waals surface area contributed by atoms with E-state index in [9.17, 15) is 4.79 Å². The zero-order valence-corrected chi connectivity index (χ0v) is 17.7. The van der Waals surface area contributed by atoms with Gasteiger partial charge in [-0.05, 0) is 55.0 Å². The quantitative estimate of drug-likeness (QED) is 0.473. The first-order valence-corrected chi connectivity index (χ1v) is 9.16. The Morgan fingerprint density at radius 1 is 1.00 bits per heavy atom. The molecule has 1 N–H and O–H groups in total. The summed E-state index contributed by atoms with van der Waals surface area (Å²) in [5, 5.41) is 4.41. The van der Waals surface area contributed by atoms with Crippen molar-refractivity contribution in [2.45, 2.75) is 13.0 Å². The van der Waals surface area contributed by atoms with Crippen LogP contribution >= 0.6 is 47.2 Å². The van der Waals surface area contributed by atoms with Gasteiger partial charge in [-0.2, -0.15) is 0 Å². The van der Waals surface area contributed by atoms with Gasteiger partial charge < -0.3 is 10.1 Å². The SMILES string of the molecule is Cc1cc(OC(C(=O)Nc2ccc(Cl)cn2)c2ccc(Cl)cc2)ccc1Cl.Cl. The van der Waals surface area contributed by atoms with E-state index >= 15 is 0 Å². The zero-order valence-electron chi connectivity index (χ0n) is 14.7. The standard InChI is InChI=1S/C20H15Cl3N2O2.ClH/c1-12-10-16(7-8-17(12)23)27-19(13-2-4-14(21)5-3-13)20(26)25-18-9-6-15(22)11-24-18;/h2-11,19H,1H3,(H,24,25,26);1H. The van der Waals surface area contributed by atoms with Crippen LogP contribution in [0.1, 0.15) is 17.2 Å². The molecule has 1 unspecified atom stereocenters. The molecular formula is C20H16Cl4N2O2. The number of anilines is 1. The van der Waals surface area contributed by atoms with Gasteiger partial charge >= 0.3 is 0 Å². The molecular weight excluding hydrogens is 442 g/mol. The molecule has 0 spiro atoms. The van der Waals surface area contributed by atoms with Crippen LogP contribution in [0, 0.1) is 6.92 Å². The minimum absolute atomic E-state index is 0. The largest absolute Gasteiger partial charge is 0.476 e. The van der Waals surface area contributed by atoms with Crippen molar-refractivity contribution in [2.24, 2.45) is 0 Å². The summed E-state index contributed by atoms with van der Waals surface area (Å²) in [7, 11) is 0. The van der Waals surface area contributed by atoms with Crippen LogP contribution in [0.3, 0.4) is 0 Å². The van der Waals surface area contributed by atoms with Gasteiger partial charge in [-0.25, -0.2) is 4.98 Å². The summed E-state index contributed by atoms with van der Waals surface area (Å²) < 4.78 is 5.97. The Kier molecular flexibility index (Phi) is 7.96. The van der Waals surface area contributed by atoms with Crippen molar-refractivity contribution in [1.82, 2.24) is 4.98 Å². The van der Waals surface area contributed by atoms with Crippen molar-refractivity contribution in [3.63, 3.8) is 0 Å². The van der Waals surface area contributed by atoms with Gasteiger partial charge in [0.1, 0.15) is 11.6 Å². The van der Waals surface area contributed by atoms with E-state index in [2.05, 4.69) is 10.3 Å². The number of aryl methyl sites for hydroxylation is 1. The molecule has 3 aromatic rings. The van der Waals surface area contributed by atoms with Crippen molar-refractivity contribution in [3.05, 3.63) is 87.0 Å². The monoisotopic (exact) mass is 456 g/mol. The number of amides is 1. The lowest BCUT2D eigenvalue weighted by Gasteiger charge is -2.19. The van der Waals surface area contributed by atoms with E-state index in [0.717, 1.165) is 5.56 Å². The van der Waals surface area contributed by atoms with E-state index in [1.807, 2.05) is 6.92 Å². The number of halogens is 4. The van der Waals surface area contributed by atoms with Crippen LogP contribution in [0.25, 0.3) is 0 Å².